The van der Waals surface area contributed by atoms with Crippen molar-refractivity contribution in [3.05, 3.63) is 128 Å². The van der Waals surface area contributed by atoms with Crippen molar-refractivity contribution in [3.8, 4) is 17.2 Å². The summed E-state index contributed by atoms with van der Waals surface area (Å²) in [4.78, 5) is 65.1. The van der Waals surface area contributed by atoms with Gasteiger partial charge in [-0.05, 0) is 46.2 Å². The van der Waals surface area contributed by atoms with Crippen molar-refractivity contribution in [2.45, 2.75) is 11.8 Å². The second-order valence-corrected chi connectivity index (χ2v) is 15.3. The number of non-ortho nitro benzene ring substituents is 1. The lowest BCUT2D eigenvalue weighted by atomic mass is 9.95. The number of ether oxygens (including phenoxy) is 2. The lowest BCUT2D eigenvalue weighted by molar-refractivity contribution is -0.384. The Morgan fingerprint density at radius 1 is 0.750 bits per heavy atom. The molecule has 13 nitrogen and oxygen atoms in total. The highest BCUT2D eigenvalue weighted by Crippen LogP contribution is 2.49. The van der Waals surface area contributed by atoms with E-state index in [-0.39, 0.29) is 75.3 Å². The second-order valence-electron chi connectivity index (χ2n) is 12.9. The number of benzene rings is 5. The van der Waals surface area contributed by atoms with Crippen LogP contribution in [0, 0.1) is 10.1 Å². The highest BCUT2D eigenvalue weighted by molar-refractivity contribution is 7.32. The van der Waals surface area contributed by atoms with Crippen molar-refractivity contribution in [2.75, 3.05) is 34.6 Å². The maximum atomic E-state index is 14.3. The highest BCUT2D eigenvalue weighted by Gasteiger charge is 2.39. The van der Waals surface area contributed by atoms with Crippen LogP contribution >= 0.6 is 42.8 Å². The predicted octanol–water partition coefficient (Wildman–Crippen LogP) is 9.53. The molecule has 0 fully saturated rings. The number of carbonyl (C=O) groups excluding carboxylic acids is 3. The number of halogens is 2. The number of hydrogen-bond acceptors (Lipinski definition) is 10. The van der Waals surface area contributed by atoms with Crippen LogP contribution in [-0.2, 0) is 4.57 Å². The molecule has 0 saturated carbocycles. The summed E-state index contributed by atoms with van der Waals surface area (Å²) in [5, 5.41) is 13.7. The first-order valence-electron chi connectivity index (χ1n) is 17.0. The fourth-order valence-corrected chi connectivity index (χ4v) is 9.11. The molecule has 6 aromatic rings. The molecule has 282 valence electrons. The molecule has 1 unspecified atom stereocenters. The van der Waals surface area contributed by atoms with E-state index in [2.05, 4.69) is 0 Å². The van der Waals surface area contributed by atoms with Crippen molar-refractivity contribution in [2.24, 2.45) is 0 Å². The molecule has 0 spiro atoms. The van der Waals surface area contributed by atoms with E-state index in [4.69, 9.17) is 37.2 Å². The molecule has 1 aromatic heterocycles. The molecule has 2 amide bonds. The Bertz CT molecular complexity index is 2620. The van der Waals surface area contributed by atoms with Crippen molar-refractivity contribution in [3.63, 3.8) is 0 Å². The summed E-state index contributed by atoms with van der Waals surface area (Å²) in [6.45, 7) is 0.469. The van der Waals surface area contributed by atoms with Crippen LogP contribution in [0.25, 0.3) is 21.5 Å². The summed E-state index contributed by atoms with van der Waals surface area (Å²) in [7, 11) is -2.98. The number of hydrogen-bond donors (Lipinski definition) is 1. The standard InChI is InChI=1S/C39H26Cl2N3O10PS/c40-17-21-19-42(29-15-31(25-5-1-3-7-27(25)35(21)29)53-39(47)52-24-11-9-23(10-12-24)44(48)49)37(45)33-13-14-34(56-33)38(46)43-20-22(18-41)36-28-8-4-2-6-26(28)32(16-30(36)43)54-55(50)51/h1-16,21-22H,17-20H2/p+1/t21-,22-/m1/s1. The van der Waals surface area contributed by atoms with E-state index < -0.39 is 25.2 Å². The van der Waals surface area contributed by atoms with Gasteiger partial charge in [0.15, 0.2) is 5.75 Å². The molecule has 5 aromatic carbocycles. The number of nitro benzene ring substituents is 1. The van der Waals surface area contributed by atoms with Crippen LogP contribution < -0.4 is 23.8 Å². The molecular formula is C39H27Cl2N3O10PS+. The number of thiophene rings is 1. The summed E-state index contributed by atoms with van der Waals surface area (Å²) < 4.78 is 28.0. The van der Waals surface area contributed by atoms with Gasteiger partial charge in [0.2, 0.25) is 0 Å². The van der Waals surface area contributed by atoms with E-state index in [0.717, 1.165) is 27.8 Å². The molecule has 2 aliphatic heterocycles. The largest absolute Gasteiger partial charge is 0.747 e. The molecule has 0 aliphatic carbocycles. The van der Waals surface area contributed by atoms with Gasteiger partial charge in [0.05, 0.1) is 26.1 Å². The molecule has 17 heteroatoms. The zero-order valence-electron chi connectivity index (χ0n) is 28.8. The average molecular weight is 832 g/mol. The van der Waals surface area contributed by atoms with E-state index in [1.807, 2.05) is 24.3 Å². The van der Waals surface area contributed by atoms with Gasteiger partial charge in [-0.15, -0.1) is 39.4 Å². The van der Waals surface area contributed by atoms with E-state index in [9.17, 15) is 34.0 Å². The van der Waals surface area contributed by atoms with Crippen molar-refractivity contribution in [1.29, 1.82) is 0 Å². The molecule has 8 rings (SSSR count). The third-order valence-electron chi connectivity index (χ3n) is 9.77. The van der Waals surface area contributed by atoms with Gasteiger partial charge in [0, 0.05) is 76.3 Å². The van der Waals surface area contributed by atoms with E-state index >= 15 is 0 Å². The summed E-state index contributed by atoms with van der Waals surface area (Å²) in [5.41, 5.74) is 2.41. The van der Waals surface area contributed by atoms with Crippen LogP contribution in [0.5, 0.6) is 17.2 Å². The number of fused-ring (bicyclic) bond motifs is 6. The molecule has 0 radical (unpaired) electrons. The van der Waals surface area contributed by atoms with Crippen LogP contribution in [0.2, 0.25) is 0 Å². The Morgan fingerprint density at radius 3 is 1.71 bits per heavy atom. The van der Waals surface area contributed by atoms with Gasteiger partial charge in [-0.3, -0.25) is 19.7 Å². The summed E-state index contributed by atoms with van der Waals surface area (Å²) in [6, 6.07) is 25.7. The normalized spacial score (nSPS) is 16.1. The Morgan fingerprint density at radius 2 is 1.23 bits per heavy atom. The first kappa shape index (κ1) is 37.3. The molecule has 56 heavy (non-hydrogen) atoms. The van der Waals surface area contributed by atoms with Crippen LogP contribution in [-0.4, -0.2) is 52.6 Å². The lowest BCUT2D eigenvalue weighted by Gasteiger charge is -2.19. The Kier molecular flexibility index (Phi) is 10.1. The van der Waals surface area contributed by atoms with Gasteiger partial charge in [-0.1, -0.05) is 48.5 Å². The van der Waals surface area contributed by atoms with Gasteiger partial charge in [0.1, 0.15) is 11.5 Å². The first-order valence-corrected chi connectivity index (χ1v) is 20.0. The average Bonchev–Trinajstić information content (AvgIpc) is 3.94. The van der Waals surface area contributed by atoms with Gasteiger partial charge < -0.3 is 19.3 Å². The third kappa shape index (κ3) is 6.69. The number of rotatable bonds is 9. The molecule has 3 atom stereocenters. The monoisotopic (exact) mass is 830 g/mol. The Hall–Kier alpha value is -5.63. The minimum absolute atomic E-state index is 0.0351. The van der Waals surface area contributed by atoms with E-state index in [1.54, 1.807) is 58.3 Å². The number of carbonyl (C=O) groups is 3. The number of alkyl halides is 2. The Balaban J connectivity index is 1.10. The predicted molar refractivity (Wildman–Crippen MR) is 213 cm³/mol. The van der Waals surface area contributed by atoms with Crippen molar-refractivity contribution in [1.82, 2.24) is 0 Å². The molecule has 0 bridgehead atoms. The van der Waals surface area contributed by atoms with Gasteiger partial charge in [-0.2, -0.15) is 0 Å². The topological polar surface area (TPSA) is 166 Å². The van der Waals surface area contributed by atoms with Crippen molar-refractivity contribution >= 4 is 99.4 Å². The molecule has 3 heterocycles. The van der Waals surface area contributed by atoms with Crippen LogP contribution in [0.3, 0.4) is 0 Å². The SMILES string of the molecule is O=C(Oc1ccc([N+](=O)[O-])cc1)Oc1cc2c(c3ccccc13)[C@H](CCl)CN2C(=O)c1ccc(C(=O)N2C[C@@H](CCl)c3c2cc(O[P+](=O)O)c2ccccc32)s1. The lowest BCUT2D eigenvalue weighted by Crippen LogP contribution is -2.30. The summed E-state index contributed by atoms with van der Waals surface area (Å²) in [6.07, 6.45) is -1.09. The number of nitro groups is 1. The zero-order valence-corrected chi connectivity index (χ0v) is 32.0. The highest BCUT2D eigenvalue weighted by atomic mass is 35.5. The number of nitrogens with zero attached hydrogens (tertiary/aromatic N) is 3. The smallest absolute Gasteiger partial charge is 0.395 e. The third-order valence-corrected chi connectivity index (χ3v) is 11.9. The van der Waals surface area contributed by atoms with Crippen LogP contribution in [0.4, 0.5) is 21.9 Å². The zero-order chi connectivity index (χ0) is 39.2. The fraction of sp³-hybridized carbons (Fsp3) is 0.154. The number of anilines is 2. The Labute approximate surface area is 332 Å². The van der Waals surface area contributed by atoms with Crippen LogP contribution in [0.1, 0.15) is 42.3 Å². The fourth-order valence-electron chi connectivity index (χ4n) is 7.38. The summed E-state index contributed by atoms with van der Waals surface area (Å²) >= 11 is 13.9. The minimum atomic E-state index is -2.98. The molecule has 1 N–H and O–H groups in total. The van der Waals surface area contributed by atoms with Gasteiger partial charge >= 0.3 is 14.4 Å². The minimum Gasteiger partial charge on any atom is -0.395 e. The second kappa shape index (κ2) is 15.1. The van der Waals surface area contributed by atoms with E-state index in [1.165, 1.54) is 24.3 Å². The molecular weight excluding hydrogens is 804 g/mol. The maximum Gasteiger partial charge on any atom is 0.747 e. The van der Waals surface area contributed by atoms with Gasteiger partial charge in [0.25, 0.3) is 17.5 Å². The quantitative estimate of drug-likeness (QED) is 0.0370. The van der Waals surface area contributed by atoms with E-state index in [0.29, 0.717) is 27.5 Å². The van der Waals surface area contributed by atoms with Crippen molar-refractivity contribution < 1.29 is 42.8 Å². The number of amides is 2. The molecule has 2 aliphatic rings. The van der Waals surface area contributed by atoms with Gasteiger partial charge in [-0.25, -0.2) is 9.32 Å². The maximum absolute atomic E-state index is 14.3. The summed E-state index contributed by atoms with van der Waals surface area (Å²) in [5.74, 6) is -0.570. The first-order chi connectivity index (χ1) is 27.1. The molecule has 0 saturated heterocycles. The van der Waals surface area contributed by atoms with Crippen LogP contribution in [0.15, 0.2) is 97.1 Å².